The lowest BCUT2D eigenvalue weighted by atomic mass is 10.2. The smallest absolute Gasteiger partial charge is 0.261 e. The number of rotatable bonds is 1. The Bertz CT molecular complexity index is 577. The highest BCUT2D eigenvalue weighted by molar-refractivity contribution is 7.85. The largest absolute Gasteiger partial charge is 0.491 e. The van der Waals surface area contributed by atoms with Crippen LogP contribution in [0.2, 0.25) is 0 Å². The van der Waals surface area contributed by atoms with Crippen molar-refractivity contribution in [1.29, 1.82) is 0 Å². The second kappa shape index (κ2) is 8.34. The number of nitrogens with zero attached hydrogens (tertiary/aromatic N) is 1. The van der Waals surface area contributed by atoms with Crippen molar-refractivity contribution < 1.29 is 22.5 Å². The zero-order valence-corrected chi connectivity index (χ0v) is 12.7. The van der Waals surface area contributed by atoms with Crippen LogP contribution in [0.5, 0.6) is 5.88 Å². The number of oxazole rings is 1. The quantitative estimate of drug-likeness (QED) is 0.785. The van der Waals surface area contributed by atoms with Gasteiger partial charge in [0.25, 0.3) is 16.0 Å². The Kier molecular flexibility index (Phi) is 7.56. The van der Waals surface area contributed by atoms with Crippen LogP contribution in [0.15, 0.2) is 34.7 Å². The third kappa shape index (κ3) is 7.55. The maximum absolute atomic E-state index is 9.20. The molecule has 1 heterocycles. The lowest BCUT2D eigenvalue weighted by Gasteiger charge is -1.91. The molecule has 7 heteroatoms. The predicted octanol–water partition coefficient (Wildman–Crippen LogP) is 2.89. The zero-order valence-electron chi connectivity index (χ0n) is 11.9. The van der Waals surface area contributed by atoms with Gasteiger partial charge in [-0.2, -0.15) is 13.4 Å². The average Bonchev–Trinajstić information content (AvgIpc) is 2.71. The first-order valence-electron chi connectivity index (χ1n) is 5.91. The zero-order chi connectivity index (χ0) is 15.8. The minimum atomic E-state index is -3.67. The molecule has 0 amide bonds. The Morgan fingerprint density at radius 1 is 1.15 bits per heavy atom. The Balaban J connectivity index is 0.000000441. The van der Waals surface area contributed by atoms with Crippen molar-refractivity contribution in [3.8, 4) is 17.3 Å². The van der Waals surface area contributed by atoms with Crippen molar-refractivity contribution in [2.45, 2.75) is 20.8 Å². The van der Waals surface area contributed by atoms with Crippen LogP contribution in [0, 0.1) is 6.92 Å². The van der Waals surface area contributed by atoms with E-state index in [-0.39, 0.29) is 5.88 Å². The number of aromatic nitrogens is 1. The van der Waals surface area contributed by atoms with Gasteiger partial charge >= 0.3 is 0 Å². The maximum Gasteiger partial charge on any atom is 0.261 e. The Morgan fingerprint density at radius 3 is 1.95 bits per heavy atom. The molecule has 20 heavy (non-hydrogen) atoms. The van der Waals surface area contributed by atoms with Gasteiger partial charge in [0.05, 0.1) is 6.26 Å². The van der Waals surface area contributed by atoms with Gasteiger partial charge in [-0.3, -0.25) is 4.55 Å². The minimum absolute atomic E-state index is 0.0427. The summed E-state index contributed by atoms with van der Waals surface area (Å²) < 4.78 is 31.1. The highest BCUT2D eigenvalue weighted by Crippen LogP contribution is 2.24. The molecule has 112 valence electrons. The monoisotopic (exact) mass is 301 g/mol. The van der Waals surface area contributed by atoms with Crippen LogP contribution < -0.4 is 0 Å². The third-order valence-electron chi connectivity index (χ3n) is 1.79. The SMILES string of the molecule is CC.CS(=O)(=O)O.Cc1oc(-c2ccccc2)nc1O. The number of hydrogen-bond acceptors (Lipinski definition) is 5. The molecular formula is C13H19NO5S. The molecule has 0 bridgehead atoms. The maximum atomic E-state index is 9.20. The molecule has 0 aliphatic rings. The highest BCUT2D eigenvalue weighted by atomic mass is 32.2. The van der Waals surface area contributed by atoms with Crippen LogP contribution in [0.4, 0.5) is 0 Å². The molecule has 6 nitrogen and oxygen atoms in total. The van der Waals surface area contributed by atoms with E-state index in [1.807, 2.05) is 44.2 Å². The van der Waals surface area contributed by atoms with Crippen molar-refractivity contribution in [2.75, 3.05) is 6.26 Å². The van der Waals surface area contributed by atoms with Gasteiger partial charge in [0.2, 0.25) is 5.89 Å². The fourth-order valence-electron chi connectivity index (χ4n) is 1.09. The van der Waals surface area contributed by atoms with Crippen molar-refractivity contribution in [1.82, 2.24) is 4.98 Å². The van der Waals surface area contributed by atoms with Crippen LogP contribution in [-0.4, -0.2) is 29.3 Å². The van der Waals surface area contributed by atoms with Crippen LogP contribution in [0.3, 0.4) is 0 Å². The van der Waals surface area contributed by atoms with Gasteiger partial charge < -0.3 is 9.52 Å². The number of aromatic hydroxyl groups is 1. The molecule has 1 aromatic carbocycles. The lowest BCUT2D eigenvalue weighted by Crippen LogP contribution is -1.88. The molecule has 0 atom stereocenters. The molecule has 0 saturated heterocycles. The summed E-state index contributed by atoms with van der Waals surface area (Å²) in [6, 6.07) is 9.46. The number of hydrogen-bond donors (Lipinski definition) is 2. The van der Waals surface area contributed by atoms with E-state index in [1.54, 1.807) is 6.92 Å². The molecule has 2 rings (SSSR count). The molecule has 0 aliphatic heterocycles. The summed E-state index contributed by atoms with van der Waals surface area (Å²) in [5.74, 6) is 0.855. The number of benzene rings is 1. The first-order chi connectivity index (χ1) is 9.27. The molecule has 0 spiro atoms. The minimum Gasteiger partial charge on any atom is -0.491 e. The lowest BCUT2D eigenvalue weighted by molar-refractivity contribution is 0.436. The molecule has 0 unspecified atom stereocenters. The molecule has 2 N–H and O–H groups in total. The van der Waals surface area contributed by atoms with E-state index in [0.29, 0.717) is 17.9 Å². The van der Waals surface area contributed by atoms with Crippen molar-refractivity contribution in [2.24, 2.45) is 0 Å². The molecular weight excluding hydrogens is 282 g/mol. The van der Waals surface area contributed by atoms with E-state index in [0.717, 1.165) is 5.56 Å². The Morgan fingerprint density at radius 2 is 1.60 bits per heavy atom. The van der Waals surface area contributed by atoms with E-state index < -0.39 is 10.1 Å². The summed E-state index contributed by atoms with van der Waals surface area (Å²) in [6.07, 6.45) is 0.715. The van der Waals surface area contributed by atoms with Gasteiger partial charge in [-0.1, -0.05) is 32.0 Å². The normalized spacial score (nSPS) is 9.85. The molecule has 0 fully saturated rings. The van der Waals surface area contributed by atoms with E-state index in [9.17, 15) is 13.5 Å². The number of aryl methyl sites for hydroxylation is 1. The van der Waals surface area contributed by atoms with Crippen molar-refractivity contribution >= 4 is 10.1 Å². The Labute approximate surface area is 118 Å². The summed E-state index contributed by atoms with van der Waals surface area (Å²) in [4.78, 5) is 3.87. The van der Waals surface area contributed by atoms with Crippen LogP contribution >= 0.6 is 0 Å². The summed E-state index contributed by atoms with van der Waals surface area (Å²) in [7, 11) is -3.67. The van der Waals surface area contributed by atoms with Gasteiger partial charge in [0.15, 0.2) is 5.76 Å². The first-order valence-corrected chi connectivity index (χ1v) is 7.76. The van der Waals surface area contributed by atoms with E-state index in [1.165, 1.54) is 0 Å². The molecule has 0 radical (unpaired) electrons. The van der Waals surface area contributed by atoms with E-state index >= 15 is 0 Å². The first kappa shape index (κ1) is 18.1. The average molecular weight is 301 g/mol. The second-order valence-electron chi connectivity index (χ2n) is 3.50. The fourth-order valence-corrected chi connectivity index (χ4v) is 1.09. The van der Waals surface area contributed by atoms with Crippen LogP contribution in [-0.2, 0) is 10.1 Å². The van der Waals surface area contributed by atoms with Crippen LogP contribution in [0.1, 0.15) is 19.6 Å². The van der Waals surface area contributed by atoms with E-state index in [4.69, 9.17) is 8.97 Å². The summed E-state index contributed by atoms with van der Waals surface area (Å²) in [5, 5.41) is 9.20. The standard InChI is InChI=1S/C10H9NO2.C2H6.CH4O3S/c1-7-9(12)11-10(13-7)8-5-3-2-4-6-8;1-2;1-5(2,3)4/h2-6,12H,1H3;1-2H3;1H3,(H,2,3,4). The second-order valence-corrected chi connectivity index (χ2v) is 4.96. The molecule has 0 aliphatic carbocycles. The predicted molar refractivity (Wildman–Crippen MR) is 77.2 cm³/mol. The Hall–Kier alpha value is -1.86. The summed E-state index contributed by atoms with van der Waals surface area (Å²) in [5.41, 5.74) is 0.867. The van der Waals surface area contributed by atoms with Gasteiger partial charge in [-0.25, -0.2) is 0 Å². The van der Waals surface area contributed by atoms with Gasteiger partial charge in [-0.05, 0) is 19.1 Å². The highest BCUT2D eigenvalue weighted by Gasteiger charge is 2.08. The summed E-state index contributed by atoms with van der Waals surface area (Å²) in [6.45, 7) is 5.68. The molecule has 0 saturated carbocycles. The molecule has 1 aromatic heterocycles. The fraction of sp³-hybridized carbons (Fsp3) is 0.308. The van der Waals surface area contributed by atoms with Gasteiger partial charge in [0, 0.05) is 5.56 Å². The topological polar surface area (TPSA) is 101 Å². The van der Waals surface area contributed by atoms with Crippen molar-refractivity contribution in [3.05, 3.63) is 36.1 Å². The third-order valence-corrected chi connectivity index (χ3v) is 1.79. The van der Waals surface area contributed by atoms with Crippen molar-refractivity contribution in [3.63, 3.8) is 0 Å². The van der Waals surface area contributed by atoms with E-state index in [2.05, 4.69) is 4.98 Å². The summed E-state index contributed by atoms with van der Waals surface area (Å²) >= 11 is 0. The molecule has 2 aromatic rings. The van der Waals surface area contributed by atoms with Gasteiger partial charge in [-0.15, -0.1) is 0 Å². The van der Waals surface area contributed by atoms with Crippen LogP contribution in [0.25, 0.3) is 11.5 Å². The van der Waals surface area contributed by atoms with Gasteiger partial charge in [0.1, 0.15) is 0 Å².